The molecule has 0 aromatic rings. The van der Waals surface area contributed by atoms with Gasteiger partial charge in [-0.05, 0) is 13.0 Å². The number of likely N-dealkylation sites (tertiary alicyclic amines) is 1. The minimum absolute atomic E-state index is 0.0205. The number of aliphatic hydroxyl groups is 1. The highest BCUT2D eigenvalue weighted by Gasteiger charge is 2.29. The third kappa shape index (κ3) is 2.32. The Hall–Kier alpha value is -0.810. The fraction of sp³-hybridized carbons (Fsp3) is 0.875. The van der Waals surface area contributed by atoms with Crippen LogP contribution in [0.25, 0.3) is 0 Å². The topological polar surface area (TPSA) is 75.8 Å². The molecule has 1 rings (SSSR count). The predicted molar refractivity (Wildman–Crippen MR) is 47.1 cm³/mol. The first-order valence-corrected chi connectivity index (χ1v) is 4.40. The largest absolute Gasteiger partial charge is 0.453 e. The average molecular weight is 188 g/mol. The summed E-state index contributed by atoms with van der Waals surface area (Å²) in [5.74, 6) is -0.0205. The molecule has 0 saturated carbocycles. The van der Waals surface area contributed by atoms with Gasteiger partial charge in [0.15, 0.2) is 0 Å². The second-order valence-electron chi connectivity index (χ2n) is 3.27. The number of piperidine rings is 1. The molecule has 5 nitrogen and oxygen atoms in total. The summed E-state index contributed by atoms with van der Waals surface area (Å²) in [5, 5.41) is 9.48. The summed E-state index contributed by atoms with van der Waals surface area (Å²) < 4.78 is 4.58. The number of carbonyl (C=O) groups is 1. The zero-order valence-electron chi connectivity index (χ0n) is 7.77. The highest BCUT2D eigenvalue weighted by molar-refractivity contribution is 5.67. The van der Waals surface area contributed by atoms with Gasteiger partial charge in [-0.2, -0.15) is 0 Å². The van der Waals surface area contributed by atoms with Gasteiger partial charge in [-0.3, -0.25) is 0 Å². The molecule has 1 aliphatic heterocycles. The zero-order valence-corrected chi connectivity index (χ0v) is 7.77. The van der Waals surface area contributed by atoms with Gasteiger partial charge in [0.2, 0.25) is 0 Å². The highest BCUT2D eigenvalue weighted by atomic mass is 16.5. The van der Waals surface area contributed by atoms with Crippen molar-refractivity contribution in [1.29, 1.82) is 0 Å². The average Bonchev–Trinajstić information content (AvgIpc) is 2.17. The predicted octanol–water partition coefficient (Wildman–Crippen LogP) is -0.606. The summed E-state index contributed by atoms with van der Waals surface area (Å²) in [4.78, 5) is 12.7. The Labute approximate surface area is 77.5 Å². The fourth-order valence-corrected chi connectivity index (χ4v) is 1.55. The minimum Gasteiger partial charge on any atom is -0.453 e. The number of methoxy groups -OCH3 is 1. The van der Waals surface area contributed by atoms with Crippen LogP contribution in [0.3, 0.4) is 0 Å². The van der Waals surface area contributed by atoms with Crippen LogP contribution in [0.2, 0.25) is 0 Å². The van der Waals surface area contributed by atoms with Crippen molar-refractivity contribution in [1.82, 2.24) is 4.90 Å². The van der Waals surface area contributed by atoms with Gasteiger partial charge in [0.1, 0.15) is 0 Å². The smallest absolute Gasteiger partial charge is 0.409 e. The van der Waals surface area contributed by atoms with Crippen molar-refractivity contribution in [2.24, 2.45) is 11.7 Å². The lowest BCUT2D eigenvalue weighted by Crippen LogP contribution is -2.48. The van der Waals surface area contributed by atoms with Crippen LogP contribution in [0.4, 0.5) is 4.79 Å². The Morgan fingerprint density at radius 3 is 3.00 bits per heavy atom. The molecule has 0 aromatic heterocycles. The number of amides is 1. The molecule has 3 N–H and O–H groups in total. The maximum absolute atomic E-state index is 11.1. The summed E-state index contributed by atoms with van der Waals surface area (Å²) in [7, 11) is 1.35. The molecule has 1 saturated heterocycles. The Morgan fingerprint density at radius 1 is 1.77 bits per heavy atom. The molecule has 1 heterocycles. The lowest BCUT2D eigenvalue weighted by Gasteiger charge is -2.34. The maximum atomic E-state index is 11.1. The molecule has 13 heavy (non-hydrogen) atoms. The molecule has 2 unspecified atom stereocenters. The van der Waals surface area contributed by atoms with Gasteiger partial charge in [-0.25, -0.2) is 4.79 Å². The lowest BCUT2D eigenvalue weighted by atomic mass is 9.95. The molecule has 1 fully saturated rings. The summed E-state index contributed by atoms with van der Waals surface area (Å²) >= 11 is 0. The van der Waals surface area contributed by atoms with E-state index >= 15 is 0 Å². The van der Waals surface area contributed by atoms with Gasteiger partial charge in [0, 0.05) is 19.0 Å². The molecule has 76 valence electrons. The molecule has 0 aromatic carbocycles. The van der Waals surface area contributed by atoms with E-state index in [1.165, 1.54) is 7.11 Å². The van der Waals surface area contributed by atoms with Crippen molar-refractivity contribution in [3.8, 4) is 0 Å². The minimum atomic E-state index is -0.383. The Morgan fingerprint density at radius 2 is 2.46 bits per heavy atom. The van der Waals surface area contributed by atoms with Crippen molar-refractivity contribution in [3.05, 3.63) is 0 Å². The summed E-state index contributed by atoms with van der Waals surface area (Å²) in [5.41, 5.74) is 5.46. The van der Waals surface area contributed by atoms with Gasteiger partial charge < -0.3 is 20.5 Å². The monoisotopic (exact) mass is 188 g/mol. The molecular formula is C8H16N2O3. The van der Waals surface area contributed by atoms with E-state index in [9.17, 15) is 9.90 Å². The van der Waals surface area contributed by atoms with Crippen LogP contribution in [0, 0.1) is 5.92 Å². The summed E-state index contributed by atoms with van der Waals surface area (Å²) in [6.07, 6.45) is -0.145. The van der Waals surface area contributed by atoms with E-state index in [4.69, 9.17) is 5.73 Å². The first kappa shape index (κ1) is 10.3. The zero-order chi connectivity index (χ0) is 9.84. The van der Waals surface area contributed by atoms with Gasteiger partial charge in [0.05, 0.1) is 13.2 Å². The van der Waals surface area contributed by atoms with E-state index < -0.39 is 0 Å². The third-order valence-electron chi connectivity index (χ3n) is 2.43. The van der Waals surface area contributed by atoms with Crippen molar-refractivity contribution in [2.75, 3.05) is 26.7 Å². The number of hydrogen-bond donors (Lipinski definition) is 2. The van der Waals surface area contributed by atoms with E-state index in [0.717, 1.165) is 0 Å². The van der Waals surface area contributed by atoms with Gasteiger partial charge in [-0.1, -0.05) is 0 Å². The molecule has 1 amide bonds. The second kappa shape index (κ2) is 4.43. The second-order valence-corrected chi connectivity index (χ2v) is 3.27. The van der Waals surface area contributed by atoms with Crippen LogP contribution in [0.1, 0.15) is 6.42 Å². The molecule has 0 bridgehead atoms. The standard InChI is InChI=1S/C8H16N2O3/c1-13-8(12)10-3-2-7(11)6(4-9)5-10/h6-7,11H,2-5,9H2,1H3. The number of hydrogen-bond acceptors (Lipinski definition) is 4. The third-order valence-corrected chi connectivity index (χ3v) is 2.43. The van der Waals surface area contributed by atoms with Crippen molar-refractivity contribution < 1.29 is 14.6 Å². The highest BCUT2D eigenvalue weighted by Crippen LogP contribution is 2.16. The van der Waals surface area contributed by atoms with E-state index in [1.807, 2.05) is 0 Å². The fourth-order valence-electron chi connectivity index (χ4n) is 1.55. The van der Waals surface area contributed by atoms with Crippen LogP contribution in [0.5, 0.6) is 0 Å². The van der Waals surface area contributed by atoms with Crippen LogP contribution in [-0.2, 0) is 4.74 Å². The number of nitrogens with two attached hydrogens (primary N) is 1. The molecule has 5 heteroatoms. The molecule has 0 spiro atoms. The number of nitrogens with zero attached hydrogens (tertiary/aromatic N) is 1. The molecule has 1 aliphatic rings. The van der Waals surface area contributed by atoms with Gasteiger partial charge in [-0.15, -0.1) is 0 Å². The van der Waals surface area contributed by atoms with Gasteiger partial charge >= 0.3 is 6.09 Å². The van der Waals surface area contributed by atoms with E-state index in [0.29, 0.717) is 26.1 Å². The van der Waals surface area contributed by atoms with Crippen LogP contribution >= 0.6 is 0 Å². The quantitative estimate of drug-likeness (QED) is 0.576. The molecular weight excluding hydrogens is 172 g/mol. The number of aliphatic hydroxyl groups excluding tert-OH is 1. The first-order chi connectivity index (χ1) is 6.19. The van der Waals surface area contributed by atoms with Crippen molar-refractivity contribution >= 4 is 6.09 Å². The maximum Gasteiger partial charge on any atom is 0.409 e. The van der Waals surface area contributed by atoms with E-state index in [2.05, 4.69) is 4.74 Å². The van der Waals surface area contributed by atoms with E-state index in [-0.39, 0.29) is 18.1 Å². The number of carbonyl (C=O) groups excluding carboxylic acids is 1. The van der Waals surface area contributed by atoms with Crippen LogP contribution in [0.15, 0.2) is 0 Å². The Kier molecular flexibility index (Phi) is 3.50. The normalized spacial score (nSPS) is 28.7. The Balaban J connectivity index is 2.49. The molecule has 2 atom stereocenters. The van der Waals surface area contributed by atoms with Crippen LogP contribution < -0.4 is 5.73 Å². The van der Waals surface area contributed by atoms with Gasteiger partial charge in [0.25, 0.3) is 0 Å². The number of rotatable bonds is 1. The SMILES string of the molecule is COC(=O)N1CCC(O)C(CN)C1. The molecule has 0 aliphatic carbocycles. The Bertz CT molecular complexity index is 186. The number of ether oxygens (including phenoxy) is 1. The van der Waals surface area contributed by atoms with E-state index in [1.54, 1.807) is 4.90 Å². The summed E-state index contributed by atoms with van der Waals surface area (Å²) in [6, 6.07) is 0. The van der Waals surface area contributed by atoms with Crippen LogP contribution in [-0.4, -0.2) is 48.9 Å². The summed E-state index contributed by atoms with van der Waals surface area (Å²) in [6.45, 7) is 1.43. The van der Waals surface area contributed by atoms with Crippen molar-refractivity contribution in [3.63, 3.8) is 0 Å². The molecule has 0 radical (unpaired) electrons. The van der Waals surface area contributed by atoms with Crippen molar-refractivity contribution in [2.45, 2.75) is 12.5 Å². The lowest BCUT2D eigenvalue weighted by molar-refractivity contribution is 0.0286. The first-order valence-electron chi connectivity index (χ1n) is 4.40.